The molecule has 0 bridgehead atoms. The van der Waals surface area contributed by atoms with Crippen LogP contribution in [0.25, 0.3) is 0 Å². The number of hydrogen-bond donors (Lipinski definition) is 1. The maximum Gasteiger partial charge on any atom is 0.348 e. The van der Waals surface area contributed by atoms with E-state index in [1.807, 2.05) is 0 Å². The fourth-order valence-electron chi connectivity index (χ4n) is 2.05. The highest BCUT2D eigenvalue weighted by Crippen LogP contribution is 2.38. The van der Waals surface area contributed by atoms with Crippen LogP contribution >= 0.6 is 0 Å². The number of carbonyl (C=O) groups excluding carboxylic acids is 1. The molecule has 0 fully saturated rings. The van der Waals surface area contributed by atoms with Crippen LogP contribution in [0.2, 0.25) is 0 Å². The molecule has 19 heavy (non-hydrogen) atoms. The number of fused-ring (bicyclic) bond motifs is 1. The molecule has 1 aliphatic heterocycles. The molecule has 9 heteroatoms. The van der Waals surface area contributed by atoms with Gasteiger partial charge in [-0.05, 0) is 12.0 Å². The Morgan fingerprint density at radius 3 is 2.37 bits per heavy atom. The molecule has 0 unspecified atom stereocenters. The highest BCUT2D eigenvalue weighted by Gasteiger charge is 2.32. The molecule has 9 nitrogen and oxygen atoms in total. The first-order valence-electron chi connectivity index (χ1n) is 5.40. The van der Waals surface area contributed by atoms with Gasteiger partial charge in [-0.1, -0.05) is 0 Å². The maximum atomic E-state index is 11.6. The zero-order valence-corrected chi connectivity index (χ0v) is 9.95. The Labute approximate surface area is 107 Å². The summed E-state index contributed by atoms with van der Waals surface area (Å²) in [7, 11) is 1.44. The number of benzene rings is 1. The number of amides is 2. The quantitative estimate of drug-likeness (QED) is 0.637. The number of anilines is 1. The third kappa shape index (κ3) is 2.05. The summed E-state index contributed by atoms with van der Waals surface area (Å²) in [5.74, 6) is 0. The highest BCUT2D eigenvalue weighted by molar-refractivity contribution is 5.95. The minimum Gasteiger partial charge on any atom is -0.341 e. The van der Waals surface area contributed by atoms with E-state index in [4.69, 9.17) is 0 Å². The molecule has 1 aliphatic rings. The Morgan fingerprint density at radius 2 is 1.84 bits per heavy atom. The van der Waals surface area contributed by atoms with Gasteiger partial charge in [0, 0.05) is 25.7 Å². The third-order valence-electron chi connectivity index (χ3n) is 2.92. The van der Waals surface area contributed by atoms with E-state index in [0.717, 1.165) is 12.1 Å². The molecule has 0 aromatic heterocycles. The van der Waals surface area contributed by atoms with Gasteiger partial charge in [0.15, 0.2) is 0 Å². The number of nitro benzene ring substituents is 2. The predicted molar refractivity (Wildman–Crippen MR) is 65.3 cm³/mol. The maximum absolute atomic E-state index is 11.6. The van der Waals surface area contributed by atoms with Gasteiger partial charge in [-0.15, -0.1) is 0 Å². The second kappa shape index (κ2) is 4.52. The second-order valence-corrected chi connectivity index (χ2v) is 3.94. The lowest BCUT2D eigenvalue weighted by Crippen LogP contribution is -2.36. The smallest absolute Gasteiger partial charge is 0.341 e. The van der Waals surface area contributed by atoms with Crippen molar-refractivity contribution >= 4 is 23.1 Å². The molecule has 0 radical (unpaired) electrons. The van der Waals surface area contributed by atoms with Gasteiger partial charge in [-0.3, -0.25) is 25.1 Å². The van der Waals surface area contributed by atoms with Gasteiger partial charge in [-0.25, -0.2) is 4.79 Å². The van der Waals surface area contributed by atoms with Crippen molar-refractivity contribution in [3.05, 3.63) is 37.9 Å². The summed E-state index contributed by atoms with van der Waals surface area (Å²) >= 11 is 0. The van der Waals surface area contributed by atoms with Crippen LogP contribution in [-0.2, 0) is 6.42 Å². The van der Waals surface area contributed by atoms with Crippen LogP contribution in [0.3, 0.4) is 0 Å². The van der Waals surface area contributed by atoms with Gasteiger partial charge in [-0.2, -0.15) is 0 Å². The molecule has 1 aromatic carbocycles. The number of nitro groups is 2. The minimum absolute atomic E-state index is 0.341. The molecule has 0 atom stereocenters. The van der Waals surface area contributed by atoms with E-state index in [1.54, 1.807) is 0 Å². The lowest BCUT2D eigenvalue weighted by atomic mass is 10.1. The molecule has 0 saturated heterocycles. The van der Waals surface area contributed by atoms with Gasteiger partial charge < -0.3 is 5.32 Å². The molecule has 1 N–H and O–H groups in total. The summed E-state index contributed by atoms with van der Waals surface area (Å²) in [5.41, 5.74) is -0.264. The zero-order chi connectivity index (χ0) is 14.2. The fourth-order valence-corrected chi connectivity index (χ4v) is 2.05. The molecule has 2 rings (SSSR count). The molecule has 0 spiro atoms. The number of nitrogens with one attached hydrogen (secondary N) is 1. The van der Waals surface area contributed by atoms with E-state index in [2.05, 4.69) is 5.32 Å². The Morgan fingerprint density at radius 1 is 1.26 bits per heavy atom. The van der Waals surface area contributed by atoms with Crippen LogP contribution < -0.4 is 10.2 Å². The van der Waals surface area contributed by atoms with Crippen molar-refractivity contribution in [2.45, 2.75) is 6.42 Å². The Balaban J connectivity index is 2.57. The van der Waals surface area contributed by atoms with Crippen LogP contribution in [0.5, 0.6) is 0 Å². The van der Waals surface area contributed by atoms with E-state index in [-0.39, 0.29) is 0 Å². The summed E-state index contributed by atoms with van der Waals surface area (Å²) in [6.07, 6.45) is 0.432. The van der Waals surface area contributed by atoms with Gasteiger partial charge in [0.2, 0.25) is 0 Å². The lowest BCUT2D eigenvalue weighted by Gasteiger charge is -2.15. The van der Waals surface area contributed by atoms with Crippen LogP contribution in [0.1, 0.15) is 5.56 Å². The van der Waals surface area contributed by atoms with Crippen molar-refractivity contribution in [2.75, 3.05) is 18.5 Å². The monoisotopic (exact) mass is 266 g/mol. The van der Waals surface area contributed by atoms with Crippen LogP contribution in [0.4, 0.5) is 21.9 Å². The van der Waals surface area contributed by atoms with E-state index in [9.17, 15) is 25.0 Å². The van der Waals surface area contributed by atoms with E-state index < -0.39 is 27.3 Å². The second-order valence-electron chi connectivity index (χ2n) is 3.94. The summed E-state index contributed by atoms with van der Waals surface area (Å²) in [4.78, 5) is 33.0. The van der Waals surface area contributed by atoms with Crippen molar-refractivity contribution in [3.63, 3.8) is 0 Å². The van der Waals surface area contributed by atoms with Crippen LogP contribution in [-0.4, -0.2) is 29.5 Å². The molecule has 0 aliphatic carbocycles. The predicted octanol–water partition coefficient (Wildman–Crippen LogP) is 1.20. The summed E-state index contributed by atoms with van der Waals surface area (Å²) in [5, 5.41) is 24.1. The van der Waals surface area contributed by atoms with Crippen LogP contribution in [0, 0.1) is 20.2 Å². The minimum atomic E-state index is -0.821. The van der Waals surface area contributed by atoms with Crippen LogP contribution in [0.15, 0.2) is 12.1 Å². The Hall–Kier alpha value is -2.71. The summed E-state index contributed by atoms with van der Waals surface area (Å²) in [6, 6.07) is 1.84. The van der Waals surface area contributed by atoms with Crippen molar-refractivity contribution in [1.82, 2.24) is 5.32 Å². The largest absolute Gasteiger partial charge is 0.348 e. The summed E-state index contributed by atoms with van der Waals surface area (Å²) < 4.78 is 0. The molecular weight excluding hydrogens is 256 g/mol. The van der Waals surface area contributed by atoms with Crippen molar-refractivity contribution in [3.8, 4) is 0 Å². The van der Waals surface area contributed by atoms with E-state index in [0.29, 0.717) is 24.2 Å². The number of urea groups is 1. The number of hydrogen-bond acceptors (Lipinski definition) is 5. The first-order valence-corrected chi connectivity index (χ1v) is 5.40. The average Bonchev–Trinajstić information content (AvgIpc) is 2.78. The molecule has 2 amide bonds. The SMILES string of the molecule is CNC(=O)N1CCc2cc([N+](=O)[O-])c([N+](=O)[O-])cc21. The van der Waals surface area contributed by atoms with Gasteiger partial charge in [0.25, 0.3) is 0 Å². The number of nitrogens with zero attached hydrogens (tertiary/aromatic N) is 3. The molecule has 1 aromatic rings. The van der Waals surface area contributed by atoms with Crippen molar-refractivity contribution in [1.29, 1.82) is 0 Å². The molecule has 100 valence electrons. The molecular formula is C10H10N4O5. The third-order valence-corrected chi connectivity index (χ3v) is 2.92. The highest BCUT2D eigenvalue weighted by atomic mass is 16.6. The lowest BCUT2D eigenvalue weighted by molar-refractivity contribution is -0.422. The molecule has 1 heterocycles. The van der Waals surface area contributed by atoms with E-state index in [1.165, 1.54) is 11.9 Å². The van der Waals surface area contributed by atoms with Gasteiger partial charge >= 0.3 is 17.4 Å². The standard InChI is InChI=1S/C10H10N4O5/c1-11-10(15)12-3-2-6-4-8(13(16)17)9(14(18)19)5-7(6)12/h4-5H,2-3H2,1H3,(H,11,15). The number of carbonyl (C=O) groups is 1. The van der Waals surface area contributed by atoms with E-state index >= 15 is 0 Å². The normalized spacial score (nSPS) is 13.0. The first-order chi connectivity index (χ1) is 8.95. The first kappa shape index (κ1) is 12.7. The summed E-state index contributed by atoms with van der Waals surface area (Å²) in [6.45, 7) is 0.341. The van der Waals surface area contributed by atoms with Gasteiger partial charge in [0.1, 0.15) is 0 Å². The Bertz CT molecular complexity index is 586. The van der Waals surface area contributed by atoms with Gasteiger partial charge in [0.05, 0.1) is 15.5 Å². The van der Waals surface area contributed by atoms with Crippen molar-refractivity contribution in [2.24, 2.45) is 0 Å². The van der Waals surface area contributed by atoms with Crippen molar-refractivity contribution < 1.29 is 14.6 Å². The fraction of sp³-hybridized carbons (Fsp3) is 0.300. The average molecular weight is 266 g/mol. The molecule has 0 saturated carbocycles. The topological polar surface area (TPSA) is 119 Å². The zero-order valence-electron chi connectivity index (χ0n) is 9.95. The Kier molecular flexibility index (Phi) is 3.03. The number of rotatable bonds is 2.